The van der Waals surface area contributed by atoms with Crippen LogP contribution in [-0.2, 0) is 22.7 Å². The van der Waals surface area contributed by atoms with Crippen molar-refractivity contribution in [2.24, 2.45) is 0 Å². The lowest BCUT2D eigenvalue weighted by atomic mass is 10.1. The van der Waals surface area contributed by atoms with Crippen molar-refractivity contribution in [1.29, 1.82) is 0 Å². The average Bonchev–Trinajstić information content (AvgIpc) is 3.27. The van der Waals surface area contributed by atoms with Crippen molar-refractivity contribution in [2.75, 3.05) is 19.7 Å². The van der Waals surface area contributed by atoms with E-state index in [0.717, 1.165) is 22.0 Å². The highest BCUT2D eigenvalue weighted by atomic mass is 32.1. The minimum Gasteiger partial charge on any atom is -0.494 e. The molecule has 0 bridgehead atoms. The Morgan fingerprint density at radius 3 is 2.87 bits per heavy atom. The first-order valence-corrected chi connectivity index (χ1v) is 11.3. The van der Waals surface area contributed by atoms with Gasteiger partial charge in [0, 0.05) is 36.9 Å². The molecule has 0 aliphatic carbocycles. The maximum Gasteiger partial charge on any atom is 0.237 e. The lowest BCUT2D eigenvalue weighted by Crippen LogP contribution is -2.56. The molecule has 31 heavy (non-hydrogen) atoms. The summed E-state index contributed by atoms with van der Waals surface area (Å²) in [4.78, 5) is 33.8. The van der Waals surface area contributed by atoms with Crippen molar-refractivity contribution >= 4 is 28.1 Å². The second-order valence-corrected chi connectivity index (χ2v) is 8.81. The first kappa shape index (κ1) is 21.3. The predicted octanol–water partition coefficient (Wildman–Crippen LogP) is 2.11. The normalized spacial score (nSPS) is 17.0. The van der Waals surface area contributed by atoms with Gasteiger partial charge in [0.05, 0.1) is 31.3 Å². The van der Waals surface area contributed by atoms with Gasteiger partial charge in [0.2, 0.25) is 11.8 Å². The number of hydrogen-bond donors (Lipinski definition) is 2. The van der Waals surface area contributed by atoms with Crippen LogP contribution in [0.2, 0.25) is 0 Å². The van der Waals surface area contributed by atoms with Crippen molar-refractivity contribution in [3.63, 3.8) is 0 Å². The second kappa shape index (κ2) is 9.49. The number of rotatable bonds is 8. The number of ether oxygens (including phenoxy) is 1. The molecule has 1 atom stereocenters. The van der Waals surface area contributed by atoms with Crippen LogP contribution < -0.4 is 15.4 Å². The van der Waals surface area contributed by atoms with Gasteiger partial charge in [-0.2, -0.15) is 0 Å². The summed E-state index contributed by atoms with van der Waals surface area (Å²) in [6.45, 7) is 6.85. The van der Waals surface area contributed by atoms with Crippen molar-refractivity contribution in [3.05, 3.63) is 52.8 Å². The van der Waals surface area contributed by atoms with Crippen LogP contribution in [0.25, 0.3) is 4.96 Å². The summed E-state index contributed by atoms with van der Waals surface area (Å²) in [6, 6.07) is 7.37. The Bertz CT molecular complexity index is 1030. The summed E-state index contributed by atoms with van der Waals surface area (Å²) < 4.78 is 7.46. The fraction of sp³-hybridized carbons (Fsp3) is 0.409. The van der Waals surface area contributed by atoms with Crippen molar-refractivity contribution in [3.8, 4) is 5.75 Å². The molecule has 164 valence electrons. The molecule has 1 aliphatic rings. The van der Waals surface area contributed by atoms with Gasteiger partial charge in [-0.15, -0.1) is 11.3 Å². The molecule has 1 aromatic carbocycles. The number of imidazole rings is 1. The number of amides is 2. The summed E-state index contributed by atoms with van der Waals surface area (Å²) in [5.41, 5.74) is 1.89. The number of benzene rings is 1. The van der Waals surface area contributed by atoms with Crippen LogP contribution in [0.5, 0.6) is 5.75 Å². The molecule has 8 nitrogen and oxygen atoms in total. The van der Waals surface area contributed by atoms with Gasteiger partial charge in [-0.1, -0.05) is 12.1 Å². The van der Waals surface area contributed by atoms with Crippen LogP contribution in [0.1, 0.15) is 29.5 Å². The van der Waals surface area contributed by atoms with Gasteiger partial charge in [-0.25, -0.2) is 4.98 Å². The number of aromatic nitrogens is 2. The Kier molecular flexibility index (Phi) is 6.53. The molecule has 2 amide bonds. The van der Waals surface area contributed by atoms with E-state index in [1.807, 2.05) is 54.9 Å². The second-order valence-electron chi connectivity index (χ2n) is 7.60. The van der Waals surface area contributed by atoms with Gasteiger partial charge < -0.3 is 15.4 Å². The highest BCUT2D eigenvalue weighted by Crippen LogP contribution is 2.18. The van der Waals surface area contributed by atoms with Gasteiger partial charge in [-0.3, -0.25) is 18.9 Å². The lowest BCUT2D eigenvalue weighted by molar-refractivity contribution is -0.134. The topological polar surface area (TPSA) is 88.0 Å². The highest BCUT2D eigenvalue weighted by molar-refractivity contribution is 7.16. The molecule has 2 aromatic heterocycles. The summed E-state index contributed by atoms with van der Waals surface area (Å²) >= 11 is 1.61. The van der Waals surface area contributed by atoms with Gasteiger partial charge in [0.1, 0.15) is 5.75 Å². The van der Waals surface area contributed by atoms with E-state index in [1.165, 1.54) is 4.88 Å². The molecule has 0 saturated carbocycles. The van der Waals surface area contributed by atoms with E-state index < -0.39 is 6.04 Å². The molecule has 9 heteroatoms. The van der Waals surface area contributed by atoms with Crippen molar-refractivity contribution in [2.45, 2.75) is 39.4 Å². The number of nitrogens with zero attached hydrogens (tertiary/aromatic N) is 3. The third kappa shape index (κ3) is 5.23. The molecule has 0 radical (unpaired) electrons. The Balaban J connectivity index is 1.35. The van der Waals surface area contributed by atoms with Gasteiger partial charge in [-0.05, 0) is 31.5 Å². The van der Waals surface area contributed by atoms with E-state index in [0.29, 0.717) is 32.8 Å². The molecule has 2 N–H and O–H groups in total. The first-order chi connectivity index (χ1) is 15.0. The van der Waals surface area contributed by atoms with Crippen molar-refractivity contribution < 1.29 is 14.3 Å². The Labute approximate surface area is 185 Å². The van der Waals surface area contributed by atoms with E-state index in [2.05, 4.69) is 20.5 Å². The maximum atomic E-state index is 12.6. The first-order valence-electron chi connectivity index (χ1n) is 10.5. The zero-order valence-electron chi connectivity index (χ0n) is 17.8. The molecule has 4 rings (SSSR count). The zero-order valence-corrected chi connectivity index (χ0v) is 18.6. The largest absolute Gasteiger partial charge is 0.494 e. The number of hydrogen-bond acceptors (Lipinski definition) is 6. The van der Waals surface area contributed by atoms with Crippen LogP contribution in [0.4, 0.5) is 0 Å². The quantitative estimate of drug-likeness (QED) is 0.559. The molecule has 1 saturated heterocycles. The van der Waals surface area contributed by atoms with E-state index in [9.17, 15) is 9.59 Å². The lowest BCUT2D eigenvalue weighted by Gasteiger charge is -2.34. The van der Waals surface area contributed by atoms with Crippen LogP contribution in [0.15, 0.2) is 36.7 Å². The minimum atomic E-state index is -0.492. The highest BCUT2D eigenvalue weighted by Gasteiger charge is 2.31. The van der Waals surface area contributed by atoms with E-state index in [1.54, 1.807) is 11.3 Å². The van der Waals surface area contributed by atoms with Gasteiger partial charge in [0.15, 0.2) is 4.96 Å². The number of nitrogens with one attached hydrogen (secondary N) is 2. The third-order valence-corrected chi connectivity index (χ3v) is 6.14. The molecule has 1 unspecified atom stereocenters. The average molecular weight is 442 g/mol. The monoisotopic (exact) mass is 441 g/mol. The molecular weight excluding hydrogens is 414 g/mol. The molecule has 1 aliphatic heterocycles. The Hall–Kier alpha value is -2.91. The number of carbonyl (C=O) groups excluding carboxylic acids is 2. The number of carbonyl (C=O) groups is 2. The Morgan fingerprint density at radius 2 is 2.13 bits per heavy atom. The van der Waals surface area contributed by atoms with E-state index in [4.69, 9.17) is 4.74 Å². The maximum absolute atomic E-state index is 12.6. The Morgan fingerprint density at radius 1 is 1.32 bits per heavy atom. The fourth-order valence-corrected chi connectivity index (χ4v) is 4.57. The van der Waals surface area contributed by atoms with Gasteiger partial charge in [0.25, 0.3) is 0 Å². The van der Waals surface area contributed by atoms with E-state index >= 15 is 0 Å². The molecular formula is C22H27N5O3S. The third-order valence-electron chi connectivity index (χ3n) is 5.23. The van der Waals surface area contributed by atoms with Crippen LogP contribution >= 0.6 is 11.3 Å². The predicted molar refractivity (Wildman–Crippen MR) is 119 cm³/mol. The fourth-order valence-electron chi connectivity index (χ4n) is 3.75. The molecule has 0 spiro atoms. The number of thiazole rings is 1. The molecule has 1 fully saturated rings. The summed E-state index contributed by atoms with van der Waals surface area (Å²) in [5, 5.41) is 5.78. The van der Waals surface area contributed by atoms with Crippen LogP contribution in [0, 0.1) is 6.92 Å². The van der Waals surface area contributed by atoms with Gasteiger partial charge >= 0.3 is 0 Å². The standard InChI is InChI=1S/C22H27N5O3S/c1-3-30-18-6-4-16(5-7-18)13-26-9-8-23-21(29)19(26)10-20(28)24-11-17-14-27-12-15(2)31-22(27)25-17/h4-7,12,14,19H,3,8-11,13H2,1-2H3,(H,23,29)(H,24,28). The minimum absolute atomic E-state index is 0.106. The molecule has 3 heterocycles. The smallest absolute Gasteiger partial charge is 0.237 e. The summed E-state index contributed by atoms with van der Waals surface area (Å²) in [5.74, 6) is 0.560. The van der Waals surface area contributed by atoms with Crippen LogP contribution in [0.3, 0.4) is 0 Å². The van der Waals surface area contributed by atoms with E-state index in [-0.39, 0.29) is 18.2 Å². The number of fused-ring (bicyclic) bond motifs is 1. The summed E-state index contributed by atoms with van der Waals surface area (Å²) in [6.07, 6.45) is 4.05. The number of piperazine rings is 1. The number of aryl methyl sites for hydroxylation is 1. The molecule has 3 aromatic rings. The zero-order chi connectivity index (χ0) is 21.8. The summed E-state index contributed by atoms with van der Waals surface area (Å²) in [7, 11) is 0. The van der Waals surface area contributed by atoms with Crippen LogP contribution in [-0.4, -0.2) is 51.8 Å². The SMILES string of the molecule is CCOc1ccc(CN2CCNC(=O)C2CC(=O)NCc2cn3cc(C)sc3n2)cc1. The van der Waals surface area contributed by atoms with Crippen molar-refractivity contribution in [1.82, 2.24) is 24.9 Å².